The molecule has 0 atom stereocenters. The van der Waals surface area contributed by atoms with E-state index in [2.05, 4.69) is 21.1 Å². The Labute approximate surface area is 132 Å². The molecule has 0 aliphatic heterocycles. The van der Waals surface area contributed by atoms with Gasteiger partial charge in [0.25, 0.3) is 0 Å². The summed E-state index contributed by atoms with van der Waals surface area (Å²) < 4.78 is 11.4. The second-order valence-corrected chi connectivity index (χ2v) is 5.17. The minimum Gasteiger partial charge on any atom is -0.493 e. The Morgan fingerprint density at radius 2 is 1.86 bits per heavy atom. The van der Waals surface area contributed by atoms with Crippen molar-refractivity contribution >= 4 is 22.1 Å². The highest BCUT2D eigenvalue weighted by molar-refractivity contribution is 9.10. The molecule has 0 N–H and O–H groups in total. The lowest BCUT2D eigenvalue weighted by molar-refractivity contribution is 0.132. The number of nitrogens with zero attached hydrogens (tertiary/aromatic N) is 1. The summed E-state index contributed by atoms with van der Waals surface area (Å²) in [4.78, 5) is 5.29. The van der Waals surface area contributed by atoms with E-state index in [0.29, 0.717) is 18.1 Å². The summed E-state index contributed by atoms with van der Waals surface area (Å²) in [7, 11) is 3.20. The summed E-state index contributed by atoms with van der Waals surface area (Å²) in [5.74, 6) is 1.35. The Morgan fingerprint density at radius 3 is 2.57 bits per heavy atom. The number of oxime groups is 1. The molecule has 0 spiro atoms. The number of methoxy groups -OCH3 is 2. The molecule has 0 aromatic heterocycles. The highest BCUT2D eigenvalue weighted by atomic mass is 79.9. The summed E-state index contributed by atoms with van der Waals surface area (Å²) in [6.07, 6.45) is 1.64. The highest BCUT2D eigenvalue weighted by Gasteiger charge is 2.03. The largest absolute Gasteiger partial charge is 0.493 e. The van der Waals surface area contributed by atoms with Gasteiger partial charge in [-0.25, -0.2) is 0 Å². The van der Waals surface area contributed by atoms with E-state index >= 15 is 0 Å². The van der Waals surface area contributed by atoms with Gasteiger partial charge in [-0.2, -0.15) is 0 Å². The fourth-order valence-electron chi connectivity index (χ4n) is 1.77. The maximum Gasteiger partial charge on any atom is 0.161 e. The molecule has 0 radical (unpaired) electrons. The van der Waals surface area contributed by atoms with Crippen molar-refractivity contribution in [2.75, 3.05) is 14.2 Å². The van der Waals surface area contributed by atoms with E-state index in [1.54, 1.807) is 20.4 Å². The third kappa shape index (κ3) is 4.49. The van der Waals surface area contributed by atoms with Crippen molar-refractivity contribution in [2.24, 2.45) is 5.16 Å². The lowest BCUT2D eigenvalue weighted by Gasteiger charge is -2.07. The molecular formula is C16H16BrNO3. The van der Waals surface area contributed by atoms with Gasteiger partial charge in [0, 0.05) is 10.0 Å². The summed E-state index contributed by atoms with van der Waals surface area (Å²) in [6, 6.07) is 13.5. The number of hydrogen-bond donors (Lipinski definition) is 0. The Bertz CT molecular complexity index is 629. The standard InChI is InChI=1S/C16H16BrNO3/c1-19-15-7-6-12(9-16(15)20-2)10-18-21-11-13-4-3-5-14(17)8-13/h3-10H,11H2,1-2H3. The SMILES string of the molecule is COc1ccc(C=NOCc2cccc(Br)c2)cc1OC. The molecule has 2 rings (SSSR count). The first-order valence-corrected chi connectivity index (χ1v) is 7.14. The van der Waals surface area contributed by atoms with Gasteiger partial charge in [-0.15, -0.1) is 0 Å². The van der Waals surface area contributed by atoms with Crippen LogP contribution in [0, 0.1) is 0 Å². The van der Waals surface area contributed by atoms with Crippen LogP contribution in [0.3, 0.4) is 0 Å². The van der Waals surface area contributed by atoms with Gasteiger partial charge in [0.05, 0.1) is 20.4 Å². The summed E-state index contributed by atoms with van der Waals surface area (Å²) in [5, 5.41) is 3.96. The summed E-state index contributed by atoms with van der Waals surface area (Å²) >= 11 is 3.42. The Hall–Kier alpha value is -2.01. The minimum atomic E-state index is 0.420. The van der Waals surface area contributed by atoms with Crippen LogP contribution < -0.4 is 9.47 Å². The van der Waals surface area contributed by atoms with E-state index < -0.39 is 0 Å². The van der Waals surface area contributed by atoms with E-state index in [4.69, 9.17) is 14.3 Å². The maximum absolute atomic E-state index is 5.29. The van der Waals surface area contributed by atoms with E-state index in [1.165, 1.54) is 0 Å². The zero-order valence-electron chi connectivity index (χ0n) is 11.9. The molecule has 0 saturated carbocycles. The average molecular weight is 350 g/mol. The molecule has 2 aromatic rings. The molecule has 0 amide bonds. The molecule has 0 fully saturated rings. The predicted octanol–water partition coefficient (Wildman–Crippen LogP) is 4.02. The molecule has 0 unspecified atom stereocenters. The normalized spacial score (nSPS) is 10.6. The quantitative estimate of drug-likeness (QED) is 0.584. The van der Waals surface area contributed by atoms with Crippen molar-refractivity contribution in [3.63, 3.8) is 0 Å². The lowest BCUT2D eigenvalue weighted by Crippen LogP contribution is -1.92. The number of halogens is 1. The van der Waals surface area contributed by atoms with Crippen molar-refractivity contribution < 1.29 is 14.3 Å². The van der Waals surface area contributed by atoms with Crippen LogP contribution in [0.25, 0.3) is 0 Å². The fourth-order valence-corrected chi connectivity index (χ4v) is 2.22. The first kappa shape index (κ1) is 15.4. The van der Waals surface area contributed by atoms with Gasteiger partial charge < -0.3 is 14.3 Å². The number of hydrogen-bond acceptors (Lipinski definition) is 4. The topological polar surface area (TPSA) is 40.0 Å². The molecule has 0 saturated heterocycles. The van der Waals surface area contributed by atoms with Gasteiger partial charge in [0.15, 0.2) is 11.5 Å². The molecule has 4 nitrogen and oxygen atoms in total. The van der Waals surface area contributed by atoms with Crippen molar-refractivity contribution in [1.29, 1.82) is 0 Å². The lowest BCUT2D eigenvalue weighted by atomic mass is 10.2. The van der Waals surface area contributed by atoms with Crippen molar-refractivity contribution in [3.05, 3.63) is 58.1 Å². The average Bonchev–Trinajstić information content (AvgIpc) is 2.51. The second kappa shape index (κ2) is 7.69. The summed E-state index contributed by atoms with van der Waals surface area (Å²) in [5.41, 5.74) is 1.93. The van der Waals surface area contributed by atoms with E-state index in [0.717, 1.165) is 15.6 Å². The van der Waals surface area contributed by atoms with Crippen molar-refractivity contribution in [2.45, 2.75) is 6.61 Å². The van der Waals surface area contributed by atoms with Gasteiger partial charge in [0.2, 0.25) is 0 Å². The number of rotatable bonds is 6. The first-order chi connectivity index (χ1) is 10.2. The third-order valence-corrected chi connectivity index (χ3v) is 3.30. The smallest absolute Gasteiger partial charge is 0.161 e. The van der Waals surface area contributed by atoms with Gasteiger partial charge >= 0.3 is 0 Å². The number of benzene rings is 2. The second-order valence-electron chi connectivity index (χ2n) is 4.25. The van der Waals surface area contributed by atoms with Crippen LogP contribution in [0.2, 0.25) is 0 Å². The van der Waals surface area contributed by atoms with Gasteiger partial charge in [-0.05, 0) is 35.9 Å². The Balaban J connectivity index is 1.95. The Kier molecular flexibility index (Phi) is 5.63. The van der Waals surface area contributed by atoms with E-state index in [1.807, 2.05) is 42.5 Å². The molecule has 0 aliphatic carbocycles. The van der Waals surface area contributed by atoms with Crippen molar-refractivity contribution in [3.8, 4) is 11.5 Å². The molecule has 110 valence electrons. The van der Waals surface area contributed by atoms with Gasteiger partial charge in [0.1, 0.15) is 6.61 Å². The fraction of sp³-hybridized carbons (Fsp3) is 0.188. The zero-order chi connectivity index (χ0) is 15.1. The molecule has 0 aliphatic rings. The summed E-state index contributed by atoms with van der Waals surface area (Å²) in [6.45, 7) is 0.420. The highest BCUT2D eigenvalue weighted by Crippen LogP contribution is 2.26. The number of ether oxygens (including phenoxy) is 2. The van der Waals surface area contributed by atoms with Gasteiger partial charge in [-0.1, -0.05) is 33.2 Å². The maximum atomic E-state index is 5.29. The predicted molar refractivity (Wildman–Crippen MR) is 86.1 cm³/mol. The molecule has 5 heteroatoms. The van der Waals surface area contributed by atoms with Crippen LogP contribution in [0.15, 0.2) is 52.1 Å². The molecule has 2 aromatic carbocycles. The molecular weight excluding hydrogens is 334 g/mol. The molecule has 21 heavy (non-hydrogen) atoms. The zero-order valence-corrected chi connectivity index (χ0v) is 13.5. The third-order valence-electron chi connectivity index (χ3n) is 2.80. The Morgan fingerprint density at radius 1 is 1.05 bits per heavy atom. The van der Waals surface area contributed by atoms with Crippen molar-refractivity contribution in [1.82, 2.24) is 0 Å². The van der Waals surface area contributed by atoms with Crippen LogP contribution in [0.1, 0.15) is 11.1 Å². The van der Waals surface area contributed by atoms with E-state index in [9.17, 15) is 0 Å². The van der Waals surface area contributed by atoms with Crippen LogP contribution in [-0.2, 0) is 11.4 Å². The monoisotopic (exact) mass is 349 g/mol. The minimum absolute atomic E-state index is 0.420. The van der Waals surface area contributed by atoms with Crippen LogP contribution >= 0.6 is 15.9 Å². The van der Waals surface area contributed by atoms with E-state index in [-0.39, 0.29) is 0 Å². The molecule has 0 bridgehead atoms. The van der Waals surface area contributed by atoms with Crippen LogP contribution in [-0.4, -0.2) is 20.4 Å². The van der Waals surface area contributed by atoms with Crippen LogP contribution in [0.5, 0.6) is 11.5 Å². The first-order valence-electron chi connectivity index (χ1n) is 6.34. The molecule has 0 heterocycles. The van der Waals surface area contributed by atoms with Crippen LogP contribution in [0.4, 0.5) is 0 Å². The van der Waals surface area contributed by atoms with Gasteiger partial charge in [-0.3, -0.25) is 0 Å².